The second-order valence-corrected chi connectivity index (χ2v) is 7.51. The van der Waals surface area contributed by atoms with E-state index in [-0.39, 0.29) is 35.3 Å². The second-order valence-electron chi connectivity index (χ2n) is 7.51. The maximum absolute atomic E-state index is 12.7. The summed E-state index contributed by atoms with van der Waals surface area (Å²) in [6, 6.07) is 6.79. The standard InChI is InChI=1S/C23H21F5O5/c1-12-13(2)19(5-3-14(12)4-6-21(29)30)31-11-16-9-18(33-23(26,27)28)8-15-7-17(10-20(24)25)32-22(15)16/h3,5,7-9,20H,4,6,10-11H2,1-2H3,(H,29,30). The number of rotatable bonds is 9. The van der Waals surface area contributed by atoms with Gasteiger partial charge < -0.3 is 19.0 Å². The Morgan fingerprint density at radius 3 is 2.45 bits per heavy atom. The number of fused-ring (bicyclic) bond motifs is 1. The Kier molecular flexibility index (Phi) is 7.14. The van der Waals surface area contributed by atoms with Crippen molar-refractivity contribution < 1.29 is 45.7 Å². The Labute approximate surface area is 185 Å². The van der Waals surface area contributed by atoms with Crippen molar-refractivity contribution in [3.05, 3.63) is 58.3 Å². The van der Waals surface area contributed by atoms with Crippen LogP contribution in [0.4, 0.5) is 22.0 Å². The van der Waals surface area contributed by atoms with Gasteiger partial charge in [-0.15, -0.1) is 13.2 Å². The largest absolute Gasteiger partial charge is 0.573 e. The molecule has 1 N–H and O–H groups in total. The van der Waals surface area contributed by atoms with Gasteiger partial charge in [-0.05, 0) is 61.2 Å². The minimum absolute atomic E-state index is 0.0239. The molecule has 0 aliphatic heterocycles. The molecule has 2 aromatic carbocycles. The van der Waals surface area contributed by atoms with Crippen LogP contribution in [0.15, 0.2) is 34.7 Å². The molecule has 178 valence electrons. The molecule has 0 atom stereocenters. The maximum atomic E-state index is 12.7. The highest BCUT2D eigenvalue weighted by molar-refractivity contribution is 5.83. The second kappa shape index (κ2) is 9.68. The molecule has 1 heterocycles. The van der Waals surface area contributed by atoms with E-state index >= 15 is 0 Å². The highest BCUT2D eigenvalue weighted by Crippen LogP contribution is 2.33. The van der Waals surface area contributed by atoms with Gasteiger partial charge >= 0.3 is 12.3 Å². The molecule has 0 saturated heterocycles. The minimum atomic E-state index is -4.93. The van der Waals surface area contributed by atoms with Gasteiger partial charge in [0.25, 0.3) is 0 Å². The zero-order valence-corrected chi connectivity index (χ0v) is 17.8. The monoisotopic (exact) mass is 472 g/mol. The molecule has 3 aromatic rings. The van der Waals surface area contributed by atoms with Crippen LogP contribution < -0.4 is 9.47 Å². The molecule has 1 aromatic heterocycles. The predicted molar refractivity (Wildman–Crippen MR) is 109 cm³/mol. The molecule has 0 unspecified atom stereocenters. The van der Waals surface area contributed by atoms with E-state index in [1.807, 2.05) is 6.92 Å². The lowest BCUT2D eigenvalue weighted by atomic mass is 9.99. The summed E-state index contributed by atoms with van der Waals surface area (Å²) in [7, 11) is 0. The number of benzene rings is 2. The van der Waals surface area contributed by atoms with E-state index in [4.69, 9.17) is 14.3 Å². The number of aryl methyl sites for hydroxylation is 1. The van der Waals surface area contributed by atoms with E-state index in [1.165, 1.54) is 6.07 Å². The number of carbonyl (C=O) groups is 1. The molecular weight excluding hydrogens is 451 g/mol. The van der Waals surface area contributed by atoms with Gasteiger partial charge in [0.2, 0.25) is 6.43 Å². The Hall–Kier alpha value is -3.30. The van der Waals surface area contributed by atoms with Crippen molar-refractivity contribution in [3.63, 3.8) is 0 Å². The van der Waals surface area contributed by atoms with Crippen molar-refractivity contribution in [2.24, 2.45) is 0 Å². The summed E-state index contributed by atoms with van der Waals surface area (Å²) in [4.78, 5) is 10.8. The smallest absolute Gasteiger partial charge is 0.488 e. The SMILES string of the molecule is Cc1c(CCC(=O)O)ccc(OCc2cc(OC(F)(F)F)cc3cc(CC(F)F)oc23)c1C. The number of furan rings is 1. The van der Waals surface area contributed by atoms with E-state index in [0.29, 0.717) is 12.2 Å². The van der Waals surface area contributed by atoms with E-state index in [1.54, 1.807) is 19.1 Å². The van der Waals surface area contributed by atoms with Crippen LogP contribution in [0.3, 0.4) is 0 Å². The van der Waals surface area contributed by atoms with E-state index in [0.717, 1.165) is 28.8 Å². The molecule has 0 fully saturated rings. The fourth-order valence-corrected chi connectivity index (χ4v) is 3.48. The maximum Gasteiger partial charge on any atom is 0.573 e. The summed E-state index contributed by atoms with van der Waals surface area (Å²) in [6.07, 6.45) is -7.97. The zero-order chi connectivity index (χ0) is 24.3. The van der Waals surface area contributed by atoms with Crippen molar-refractivity contribution in [1.82, 2.24) is 0 Å². The van der Waals surface area contributed by atoms with E-state index in [2.05, 4.69) is 4.74 Å². The van der Waals surface area contributed by atoms with Crippen molar-refractivity contribution in [3.8, 4) is 11.5 Å². The first-order valence-corrected chi connectivity index (χ1v) is 9.96. The van der Waals surface area contributed by atoms with Gasteiger partial charge in [0.1, 0.15) is 29.4 Å². The molecule has 0 saturated carbocycles. The van der Waals surface area contributed by atoms with Crippen LogP contribution in [0.5, 0.6) is 11.5 Å². The summed E-state index contributed by atoms with van der Waals surface area (Å²) in [5, 5.41) is 9.06. The van der Waals surface area contributed by atoms with Crippen LogP contribution in [-0.2, 0) is 24.2 Å². The molecule has 0 amide bonds. The van der Waals surface area contributed by atoms with Gasteiger partial charge in [0, 0.05) is 17.4 Å². The normalized spacial score (nSPS) is 11.9. The van der Waals surface area contributed by atoms with Gasteiger partial charge in [0.15, 0.2) is 0 Å². The van der Waals surface area contributed by atoms with Crippen LogP contribution >= 0.6 is 0 Å². The third kappa shape index (κ3) is 6.36. The molecular formula is C23H21F5O5. The van der Waals surface area contributed by atoms with Gasteiger partial charge in [-0.1, -0.05) is 6.07 Å². The Bertz CT molecular complexity index is 1150. The summed E-state index contributed by atoms with van der Waals surface area (Å²) >= 11 is 0. The quantitative estimate of drug-likeness (QED) is 0.368. The van der Waals surface area contributed by atoms with Gasteiger partial charge in [-0.2, -0.15) is 0 Å². The first kappa shape index (κ1) is 24.3. The summed E-state index contributed by atoms with van der Waals surface area (Å²) in [5.41, 5.74) is 2.75. The summed E-state index contributed by atoms with van der Waals surface area (Å²) in [5.74, 6) is -1.06. The molecule has 33 heavy (non-hydrogen) atoms. The molecule has 0 spiro atoms. The Morgan fingerprint density at radius 2 is 1.82 bits per heavy atom. The topological polar surface area (TPSA) is 68.9 Å². The number of halogens is 5. The van der Waals surface area contributed by atoms with E-state index < -0.39 is 30.9 Å². The van der Waals surface area contributed by atoms with Crippen LogP contribution in [-0.4, -0.2) is 23.9 Å². The number of hydrogen-bond acceptors (Lipinski definition) is 4. The molecule has 0 aliphatic rings. The average Bonchev–Trinajstić information content (AvgIpc) is 3.08. The average molecular weight is 472 g/mol. The van der Waals surface area contributed by atoms with Crippen molar-refractivity contribution in [2.45, 2.75) is 52.5 Å². The van der Waals surface area contributed by atoms with Crippen LogP contribution in [0.25, 0.3) is 11.0 Å². The number of hydrogen-bond donors (Lipinski definition) is 1. The third-order valence-corrected chi connectivity index (χ3v) is 5.15. The molecule has 0 aliphatic carbocycles. The molecule has 10 heteroatoms. The molecule has 3 rings (SSSR count). The van der Waals surface area contributed by atoms with Crippen LogP contribution in [0.2, 0.25) is 0 Å². The minimum Gasteiger partial charge on any atom is -0.488 e. The predicted octanol–water partition coefficient (Wildman–Crippen LogP) is 6.35. The number of aliphatic carboxylic acids is 1. The van der Waals surface area contributed by atoms with Crippen molar-refractivity contribution in [1.29, 1.82) is 0 Å². The van der Waals surface area contributed by atoms with Gasteiger partial charge in [-0.25, -0.2) is 8.78 Å². The lowest BCUT2D eigenvalue weighted by molar-refractivity contribution is -0.274. The number of carboxylic acid groups (broad SMARTS) is 1. The van der Waals surface area contributed by atoms with Gasteiger partial charge in [0.05, 0.1) is 6.42 Å². The fraction of sp³-hybridized carbons (Fsp3) is 0.348. The molecule has 0 radical (unpaired) electrons. The van der Waals surface area contributed by atoms with Crippen LogP contribution in [0, 0.1) is 13.8 Å². The lowest BCUT2D eigenvalue weighted by Crippen LogP contribution is -2.17. The molecule has 5 nitrogen and oxygen atoms in total. The number of alkyl halides is 5. The molecule has 0 bridgehead atoms. The third-order valence-electron chi connectivity index (χ3n) is 5.15. The summed E-state index contributed by atoms with van der Waals surface area (Å²) < 4.78 is 79.0. The Morgan fingerprint density at radius 1 is 1.09 bits per heavy atom. The van der Waals surface area contributed by atoms with Crippen molar-refractivity contribution >= 4 is 16.9 Å². The zero-order valence-electron chi connectivity index (χ0n) is 17.8. The van der Waals surface area contributed by atoms with Crippen molar-refractivity contribution in [2.75, 3.05) is 0 Å². The number of ether oxygens (including phenoxy) is 2. The van der Waals surface area contributed by atoms with Gasteiger partial charge in [-0.3, -0.25) is 4.79 Å². The van der Waals surface area contributed by atoms with Crippen LogP contribution in [0.1, 0.15) is 34.4 Å². The Balaban J connectivity index is 1.90. The summed E-state index contributed by atoms with van der Waals surface area (Å²) in [6.45, 7) is 3.39. The fourth-order valence-electron chi connectivity index (χ4n) is 3.48. The first-order valence-electron chi connectivity index (χ1n) is 9.96. The highest BCUT2D eigenvalue weighted by atomic mass is 19.4. The number of carboxylic acids is 1. The first-order chi connectivity index (χ1) is 15.4. The van der Waals surface area contributed by atoms with E-state index in [9.17, 15) is 26.7 Å². The lowest BCUT2D eigenvalue weighted by Gasteiger charge is -2.15. The highest BCUT2D eigenvalue weighted by Gasteiger charge is 2.31.